The summed E-state index contributed by atoms with van der Waals surface area (Å²) >= 11 is 0. The van der Waals surface area contributed by atoms with Crippen LogP contribution in [-0.2, 0) is 5.41 Å². The number of benzene rings is 2. The average molecular weight is 313 g/mol. The Kier molecular flexibility index (Phi) is 4.79. The number of ether oxygens (including phenoxy) is 1. The number of carbonyl (C=O) groups is 1. The van der Waals surface area contributed by atoms with Crippen LogP contribution in [0, 0.1) is 10.1 Å². The van der Waals surface area contributed by atoms with E-state index in [1.165, 1.54) is 24.3 Å². The minimum absolute atomic E-state index is 0.0581. The molecular formula is C18H19NO4. The van der Waals surface area contributed by atoms with Crippen LogP contribution < -0.4 is 4.74 Å². The molecule has 0 bridgehead atoms. The molecule has 0 aliphatic rings. The molecule has 0 N–H and O–H groups in total. The smallest absolute Gasteiger partial charge is 0.343 e. The molecule has 23 heavy (non-hydrogen) atoms. The molecule has 0 saturated heterocycles. The van der Waals surface area contributed by atoms with E-state index in [2.05, 4.69) is 20.8 Å². The van der Waals surface area contributed by atoms with Crippen molar-refractivity contribution in [3.8, 4) is 5.75 Å². The monoisotopic (exact) mass is 313 g/mol. The first-order chi connectivity index (χ1) is 10.8. The number of hydrogen-bond donors (Lipinski definition) is 0. The van der Waals surface area contributed by atoms with E-state index in [0.29, 0.717) is 5.75 Å². The zero-order valence-electron chi connectivity index (χ0n) is 13.4. The van der Waals surface area contributed by atoms with Gasteiger partial charge in [0.05, 0.1) is 10.5 Å². The summed E-state index contributed by atoms with van der Waals surface area (Å²) in [6, 6.07) is 12.8. The van der Waals surface area contributed by atoms with Crippen molar-refractivity contribution in [1.82, 2.24) is 0 Å². The number of non-ortho nitro benzene ring substituents is 1. The van der Waals surface area contributed by atoms with E-state index in [9.17, 15) is 14.9 Å². The molecule has 0 fully saturated rings. The Labute approximate surface area is 135 Å². The first-order valence-electron chi connectivity index (χ1n) is 7.40. The van der Waals surface area contributed by atoms with Crippen LogP contribution in [0.4, 0.5) is 5.69 Å². The molecule has 0 unspecified atom stereocenters. The second-order valence-corrected chi connectivity index (χ2v) is 5.96. The molecule has 5 heteroatoms. The average Bonchev–Trinajstić information content (AvgIpc) is 2.55. The van der Waals surface area contributed by atoms with Crippen LogP contribution in [0.25, 0.3) is 0 Å². The van der Waals surface area contributed by atoms with Crippen molar-refractivity contribution in [2.45, 2.75) is 32.6 Å². The van der Waals surface area contributed by atoms with Crippen LogP contribution in [0.3, 0.4) is 0 Å². The maximum absolute atomic E-state index is 12.1. The normalized spacial score (nSPS) is 11.1. The highest BCUT2D eigenvalue weighted by atomic mass is 16.6. The quantitative estimate of drug-likeness (QED) is 0.352. The third kappa shape index (κ3) is 3.94. The molecular weight excluding hydrogens is 294 g/mol. The molecule has 0 saturated carbocycles. The Morgan fingerprint density at radius 3 is 2.39 bits per heavy atom. The van der Waals surface area contributed by atoms with E-state index < -0.39 is 10.9 Å². The van der Waals surface area contributed by atoms with Crippen molar-refractivity contribution < 1.29 is 14.5 Å². The molecule has 2 aromatic carbocycles. The van der Waals surface area contributed by atoms with Crippen molar-refractivity contribution in [3.63, 3.8) is 0 Å². The third-order valence-corrected chi connectivity index (χ3v) is 4.02. The van der Waals surface area contributed by atoms with Crippen molar-refractivity contribution in [2.75, 3.05) is 0 Å². The Bertz CT molecular complexity index is 720. The minimum Gasteiger partial charge on any atom is -0.423 e. The first-order valence-corrected chi connectivity index (χ1v) is 7.40. The van der Waals surface area contributed by atoms with Gasteiger partial charge in [-0.15, -0.1) is 0 Å². The minimum atomic E-state index is -0.615. The van der Waals surface area contributed by atoms with E-state index >= 15 is 0 Å². The SMILES string of the molecule is CCC(C)(C)c1ccc(OC(=O)c2cccc([N+](=O)[O-])c2)cc1. The molecule has 120 valence electrons. The molecule has 5 nitrogen and oxygen atoms in total. The highest BCUT2D eigenvalue weighted by Crippen LogP contribution is 2.28. The molecule has 0 atom stereocenters. The van der Waals surface area contributed by atoms with Crippen molar-refractivity contribution >= 4 is 11.7 Å². The number of carbonyl (C=O) groups excluding carboxylic acids is 1. The largest absolute Gasteiger partial charge is 0.423 e. The fraction of sp³-hybridized carbons (Fsp3) is 0.278. The van der Waals surface area contributed by atoms with Gasteiger partial charge in [-0.05, 0) is 35.6 Å². The van der Waals surface area contributed by atoms with Crippen LogP contribution >= 0.6 is 0 Å². The van der Waals surface area contributed by atoms with Gasteiger partial charge < -0.3 is 4.74 Å². The first kappa shape index (κ1) is 16.7. The molecule has 2 rings (SSSR count). The van der Waals surface area contributed by atoms with E-state index in [1.807, 2.05) is 12.1 Å². The Balaban J connectivity index is 2.14. The van der Waals surface area contributed by atoms with Crippen molar-refractivity contribution in [2.24, 2.45) is 0 Å². The third-order valence-electron chi connectivity index (χ3n) is 4.02. The zero-order valence-corrected chi connectivity index (χ0v) is 13.4. The number of hydrogen-bond acceptors (Lipinski definition) is 4. The van der Waals surface area contributed by atoms with Crippen LogP contribution in [-0.4, -0.2) is 10.9 Å². The van der Waals surface area contributed by atoms with Gasteiger partial charge in [0, 0.05) is 12.1 Å². The number of rotatable bonds is 5. The highest BCUT2D eigenvalue weighted by molar-refractivity contribution is 5.91. The topological polar surface area (TPSA) is 69.4 Å². The van der Waals surface area contributed by atoms with E-state index in [4.69, 9.17) is 4.74 Å². The number of nitrogens with zero attached hydrogens (tertiary/aromatic N) is 1. The van der Waals surface area contributed by atoms with E-state index in [1.54, 1.807) is 12.1 Å². The Morgan fingerprint density at radius 1 is 1.17 bits per heavy atom. The van der Waals surface area contributed by atoms with Crippen molar-refractivity contribution in [3.05, 3.63) is 69.8 Å². The van der Waals surface area contributed by atoms with Gasteiger partial charge in [0.15, 0.2) is 0 Å². The molecule has 0 radical (unpaired) electrons. The van der Waals surface area contributed by atoms with Crippen LogP contribution in [0.2, 0.25) is 0 Å². The van der Waals surface area contributed by atoms with Gasteiger partial charge in [0.1, 0.15) is 5.75 Å². The van der Waals surface area contributed by atoms with Gasteiger partial charge in [-0.1, -0.05) is 39.0 Å². The number of nitro groups is 1. The molecule has 0 aromatic heterocycles. The molecule has 0 aliphatic heterocycles. The van der Waals surface area contributed by atoms with Gasteiger partial charge in [-0.25, -0.2) is 4.79 Å². The molecule has 0 spiro atoms. The second kappa shape index (κ2) is 6.60. The summed E-state index contributed by atoms with van der Waals surface area (Å²) in [6.07, 6.45) is 1.000. The summed E-state index contributed by atoms with van der Waals surface area (Å²) in [4.78, 5) is 22.3. The van der Waals surface area contributed by atoms with E-state index in [-0.39, 0.29) is 16.7 Å². The fourth-order valence-electron chi connectivity index (χ4n) is 2.09. The molecule has 0 aliphatic carbocycles. The van der Waals surface area contributed by atoms with E-state index in [0.717, 1.165) is 12.0 Å². The highest BCUT2D eigenvalue weighted by Gasteiger charge is 2.18. The summed E-state index contributed by atoms with van der Waals surface area (Å²) in [5, 5.41) is 10.7. The van der Waals surface area contributed by atoms with Gasteiger partial charge in [-0.2, -0.15) is 0 Å². The van der Waals surface area contributed by atoms with Crippen molar-refractivity contribution in [1.29, 1.82) is 0 Å². The van der Waals surface area contributed by atoms with Gasteiger partial charge >= 0.3 is 5.97 Å². The van der Waals surface area contributed by atoms with Crippen LogP contribution in [0.5, 0.6) is 5.75 Å². The van der Waals surface area contributed by atoms with Crippen LogP contribution in [0.1, 0.15) is 43.1 Å². The number of nitro benzene ring substituents is 1. The zero-order chi connectivity index (χ0) is 17.0. The standard InChI is InChI=1S/C18H19NO4/c1-4-18(2,3)14-8-10-16(11-9-14)23-17(20)13-6-5-7-15(12-13)19(21)22/h5-12H,4H2,1-3H3. The lowest BCUT2D eigenvalue weighted by atomic mass is 9.82. The van der Waals surface area contributed by atoms with Gasteiger partial charge in [0.25, 0.3) is 5.69 Å². The lowest BCUT2D eigenvalue weighted by molar-refractivity contribution is -0.384. The number of esters is 1. The summed E-state index contributed by atoms with van der Waals surface area (Å²) in [5.41, 5.74) is 1.23. The summed E-state index contributed by atoms with van der Waals surface area (Å²) in [7, 11) is 0. The molecule has 0 amide bonds. The van der Waals surface area contributed by atoms with Gasteiger partial charge in [-0.3, -0.25) is 10.1 Å². The Morgan fingerprint density at radius 2 is 1.83 bits per heavy atom. The molecule has 2 aromatic rings. The fourth-order valence-corrected chi connectivity index (χ4v) is 2.09. The van der Waals surface area contributed by atoms with Gasteiger partial charge in [0.2, 0.25) is 0 Å². The predicted molar refractivity (Wildman–Crippen MR) is 87.8 cm³/mol. The second-order valence-electron chi connectivity index (χ2n) is 5.96. The molecule has 0 heterocycles. The lowest BCUT2D eigenvalue weighted by Gasteiger charge is -2.23. The summed E-state index contributed by atoms with van der Waals surface area (Å²) < 4.78 is 5.27. The van der Waals surface area contributed by atoms with Crippen LogP contribution in [0.15, 0.2) is 48.5 Å². The summed E-state index contributed by atoms with van der Waals surface area (Å²) in [6.45, 7) is 6.42. The maximum atomic E-state index is 12.1. The summed E-state index contributed by atoms with van der Waals surface area (Å²) in [5.74, 6) is -0.201. The maximum Gasteiger partial charge on any atom is 0.343 e. The lowest BCUT2D eigenvalue weighted by Crippen LogP contribution is -2.15. The Hall–Kier alpha value is -2.69. The predicted octanol–water partition coefficient (Wildman–Crippen LogP) is 4.50.